The minimum Gasteiger partial charge on any atom is -0.482 e. The maximum atomic E-state index is 10.9. The fourth-order valence-electron chi connectivity index (χ4n) is 1.92. The van der Waals surface area contributed by atoms with E-state index in [1.807, 2.05) is 0 Å². The van der Waals surface area contributed by atoms with Crippen LogP contribution < -0.4 is 15.2 Å². The molecule has 0 atom stereocenters. The molecule has 0 fully saturated rings. The maximum Gasteiger partial charge on any atom is 0.344 e. The van der Waals surface area contributed by atoms with E-state index in [2.05, 4.69) is 4.74 Å². The Morgan fingerprint density at radius 1 is 0.833 bits per heavy atom. The number of anilines is 1. The highest BCUT2D eigenvalue weighted by molar-refractivity contribution is 5.71. The Morgan fingerprint density at radius 3 is 1.60 bits per heavy atom. The number of nitrogens with zero attached hydrogens (tertiary/aromatic N) is 1. The SMILES string of the molecule is CCOC(=O)COc1ccc(N)cc1.CCOC(=O)COc1ccc([N+](=O)[O-])cc1. The Labute approximate surface area is 173 Å². The fraction of sp³-hybridized carbons (Fsp3) is 0.300. The Morgan fingerprint density at radius 2 is 1.23 bits per heavy atom. The first-order chi connectivity index (χ1) is 14.3. The molecule has 2 aromatic rings. The highest BCUT2D eigenvalue weighted by atomic mass is 16.6. The highest BCUT2D eigenvalue weighted by Crippen LogP contribution is 2.17. The molecule has 0 saturated carbocycles. The van der Waals surface area contributed by atoms with Gasteiger partial charge in [-0.05, 0) is 50.2 Å². The monoisotopic (exact) mass is 420 g/mol. The minimum absolute atomic E-state index is 0.0246. The smallest absolute Gasteiger partial charge is 0.344 e. The van der Waals surface area contributed by atoms with Gasteiger partial charge in [0.15, 0.2) is 13.2 Å². The van der Waals surface area contributed by atoms with Gasteiger partial charge in [0.05, 0.1) is 18.1 Å². The van der Waals surface area contributed by atoms with Crippen molar-refractivity contribution in [1.29, 1.82) is 0 Å². The van der Waals surface area contributed by atoms with Crippen LogP contribution in [0.5, 0.6) is 11.5 Å². The third-order valence-electron chi connectivity index (χ3n) is 3.25. The molecular weight excluding hydrogens is 396 g/mol. The summed E-state index contributed by atoms with van der Waals surface area (Å²) in [7, 11) is 0. The van der Waals surface area contributed by atoms with Crippen molar-refractivity contribution in [2.45, 2.75) is 13.8 Å². The van der Waals surface area contributed by atoms with E-state index in [0.717, 1.165) is 0 Å². The largest absolute Gasteiger partial charge is 0.482 e. The van der Waals surface area contributed by atoms with Crippen LogP contribution in [-0.2, 0) is 19.1 Å². The average molecular weight is 420 g/mol. The molecule has 0 aliphatic heterocycles. The van der Waals surface area contributed by atoms with Crippen LogP contribution in [0.2, 0.25) is 0 Å². The first kappa shape index (κ1) is 24.2. The predicted octanol–water partition coefficient (Wildman–Crippen LogP) is 2.75. The summed E-state index contributed by atoms with van der Waals surface area (Å²) in [5.41, 5.74) is 6.12. The van der Waals surface area contributed by atoms with Gasteiger partial charge in [-0.1, -0.05) is 0 Å². The van der Waals surface area contributed by atoms with E-state index in [-0.39, 0.29) is 24.9 Å². The molecule has 0 amide bonds. The summed E-state index contributed by atoms with van der Waals surface area (Å²) in [5, 5.41) is 10.4. The number of nitro groups is 1. The van der Waals surface area contributed by atoms with Crippen LogP contribution >= 0.6 is 0 Å². The lowest BCUT2D eigenvalue weighted by molar-refractivity contribution is -0.384. The van der Waals surface area contributed by atoms with Crippen molar-refractivity contribution in [3.05, 3.63) is 58.6 Å². The van der Waals surface area contributed by atoms with Crippen molar-refractivity contribution in [3.8, 4) is 11.5 Å². The molecule has 10 nitrogen and oxygen atoms in total. The molecule has 0 saturated heterocycles. The zero-order chi connectivity index (χ0) is 22.4. The molecule has 0 heterocycles. The van der Waals surface area contributed by atoms with Crippen molar-refractivity contribution in [2.24, 2.45) is 0 Å². The number of non-ortho nitro benzene ring substituents is 1. The van der Waals surface area contributed by atoms with Crippen LogP contribution in [0.3, 0.4) is 0 Å². The van der Waals surface area contributed by atoms with Gasteiger partial charge in [0.2, 0.25) is 0 Å². The number of nitro benzene ring substituents is 1. The van der Waals surface area contributed by atoms with Crippen LogP contribution in [0.1, 0.15) is 13.8 Å². The number of rotatable bonds is 9. The molecule has 0 spiro atoms. The minimum atomic E-state index is -0.505. The highest BCUT2D eigenvalue weighted by Gasteiger charge is 2.06. The molecule has 0 aromatic heterocycles. The van der Waals surface area contributed by atoms with E-state index in [4.69, 9.17) is 19.9 Å². The van der Waals surface area contributed by atoms with Crippen LogP contribution in [0.15, 0.2) is 48.5 Å². The lowest BCUT2D eigenvalue weighted by atomic mass is 10.3. The second kappa shape index (κ2) is 13.4. The third kappa shape index (κ3) is 9.93. The first-order valence-corrected chi connectivity index (χ1v) is 9.02. The zero-order valence-electron chi connectivity index (χ0n) is 16.7. The Balaban J connectivity index is 0.000000303. The van der Waals surface area contributed by atoms with Gasteiger partial charge in [-0.3, -0.25) is 10.1 Å². The summed E-state index contributed by atoms with van der Waals surface area (Å²) in [6, 6.07) is 12.3. The van der Waals surface area contributed by atoms with E-state index >= 15 is 0 Å². The van der Waals surface area contributed by atoms with E-state index in [9.17, 15) is 19.7 Å². The van der Waals surface area contributed by atoms with Crippen LogP contribution in [0.25, 0.3) is 0 Å². The fourth-order valence-corrected chi connectivity index (χ4v) is 1.92. The second-order valence-electron chi connectivity index (χ2n) is 5.51. The predicted molar refractivity (Wildman–Crippen MR) is 108 cm³/mol. The van der Waals surface area contributed by atoms with Crippen LogP contribution in [-0.4, -0.2) is 43.3 Å². The number of carbonyl (C=O) groups excluding carboxylic acids is 2. The van der Waals surface area contributed by atoms with Gasteiger partial charge < -0.3 is 24.7 Å². The molecule has 0 unspecified atom stereocenters. The molecule has 0 bridgehead atoms. The maximum absolute atomic E-state index is 10.9. The molecule has 0 aliphatic rings. The van der Waals surface area contributed by atoms with Crippen molar-refractivity contribution in [3.63, 3.8) is 0 Å². The molecule has 2 aromatic carbocycles. The zero-order valence-corrected chi connectivity index (χ0v) is 16.7. The van der Waals surface area contributed by atoms with Gasteiger partial charge >= 0.3 is 11.9 Å². The van der Waals surface area contributed by atoms with Crippen molar-refractivity contribution >= 4 is 23.3 Å². The third-order valence-corrected chi connectivity index (χ3v) is 3.25. The molecule has 0 aliphatic carbocycles. The number of nitrogen functional groups attached to an aromatic ring is 1. The summed E-state index contributed by atoms with van der Waals surface area (Å²) in [5.74, 6) is 0.149. The molecule has 10 heteroatoms. The standard InChI is InChI=1S/C10H11NO5.C10H13NO3/c1-2-15-10(12)7-16-9-5-3-8(4-6-9)11(13)14;1-2-13-10(12)7-14-9-5-3-8(11)4-6-9/h3-6H,2,7H2,1H3;3-6H,2,7,11H2,1H3. The Kier molecular flexibility index (Phi) is 10.8. The second-order valence-corrected chi connectivity index (χ2v) is 5.51. The van der Waals surface area contributed by atoms with Crippen molar-refractivity contribution in [1.82, 2.24) is 0 Å². The number of nitrogens with two attached hydrogens (primary N) is 1. The van der Waals surface area contributed by atoms with E-state index < -0.39 is 10.9 Å². The van der Waals surface area contributed by atoms with E-state index in [1.165, 1.54) is 24.3 Å². The van der Waals surface area contributed by atoms with Gasteiger partial charge in [0.1, 0.15) is 11.5 Å². The number of benzene rings is 2. The number of carbonyl (C=O) groups is 2. The number of hydrogen-bond donors (Lipinski definition) is 1. The summed E-state index contributed by atoms with van der Waals surface area (Å²) in [6.45, 7) is 3.83. The van der Waals surface area contributed by atoms with Gasteiger partial charge in [-0.15, -0.1) is 0 Å². The van der Waals surface area contributed by atoms with Crippen molar-refractivity contribution < 1.29 is 33.5 Å². The molecule has 0 radical (unpaired) electrons. The normalized spacial score (nSPS) is 9.53. The lowest BCUT2D eigenvalue weighted by Crippen LogP contribution is -2.14. The summed E-state index contributed by atoms with van der Waals surface area (Å²) >= 11 is 0. The van der Waals surface area contributed by atoms with E-state index in [0.29, 0.717) is 30.4 Å². The van der Waals surface area contributed by atoms with Gasteiger partial charge in [0, 0.05) is 17.8 Å². The quantitative estimate of drug-likeness (QED) is 0.280. The lowest BCUT2D eigenvalue weighted by Gasteiger charge is -2.05. The number of ether oxygens (including phenoxy) is 4. The molecule has 2 N–H and O–H groups in total. The Bertz CT molecular complexity index is 807. The molecule has 2 rings (SSSR count). The Hall–Kier alpha value is -3.82. The van der Waals surface area contributed by atoms with Crippen LogP contribution in [0, 0.1) is 10.1 Å². The summed E-state index contributed by atoms with van der Waals surface area (Å²) < 4.78 is 19.6. The molecular formula is C20H24N2O8. The van der Waals surface area contributed by atoms with Crippen molar-refractivity contribution in [2.75, 3.05) is 32.2 Å². The molecule has 162 valence electrons. The van der Waals surface area contributed by atoms with Gasteiger partial charge in [-0.2, -0.15) is 0 Å². The molecule has 30 heavy (non-hydrogen) atoms. The summed E-state index contributed by atoms with van der Waals surface area (Å²) in [6.07, 6.45) is 0. The van der Waals surface area contributed by atoms with Gasteiger partial charge in [-0.25, -0.2) is 9.59 Å². The van der Waals surface area contributed by atoms with E-state index in [1.54, 1.807) is 38.1 Å². The summed E-state index contributed by atoms with van der Waals surface area (Å²) in [4.78, 5) is 31.7. The topological polar surface area (TPSA) is 140 Å². The first-order valence-electron chi connectivity index (χ1n) is 9.02. The van der Waals surface area contributed by atoms with Gasteiger partial charge in [0.25, 0.3) is 5.69 Å². The number of esters is 2. The average Bonchev–Trinajstić information content (AvgIpc) is 2.73. The number of hydrogen-bond acceptors (Lipinski definition) is 9. The van der Waals surface area contributed by atoms with Crippen LogP contribution in [0.4, 0.5) is 11.4 Å².